The molecule has 2 heterocycles. The summed E-state index contributed by atoms with van der Waals surface area (Å²) < 4.78 is 0. The molecule has 6 heteroatoms. The minimum Gasteiger partial charge on any atom is -0.476 e. The number of aromatic carboxylic acids is 1. The lowest BCUT2D eigenvalue weighted by Crippen LogP contribution is -2.28. The molecule has 2 rings (SSSR count). The van der Waals surface area contributed by atoms with E-state index in [2.05, 4.69) is 20.6 Å². The summed E-state index contributed by atoms with van der Waals surface area (Å²) in [7, 11) is 1.67. The van der Waals surface area contributed by atoms with Gasteiger partial charge in [-0.2, -0.15) is 0 Å². The van der Waals surface area contributed by atoms with Gasteiger partial charge in [0, 0.05) is 19.2 Å². The molecular weight excluding hydrogens is 196 g/mol. The average molecular weight is 208 g/mol. The van der Waals surface area contributed by atoms with Gasteiger partial charge in [-0.15, -0.1) is 0 Å². The Morgan fingerprint density at radius 2 is 2.33 bits per heavy atom. The van der Waals surface area contributed by atoms with Gasteiger partial charge in [-0.1, -0.05) is 0 Å². The summed E-state index contributed by atoms with van der Waals surface area (Å²) in [6.07, 6.45) is 0.668. The van der Waals surface area contributed by atoms with Gasteiger partial charge in [0.1, 0.15) is 0 Å². The fraction of sp³-hybridized carbons (Fsp3) is 0.444. The van der Waals surface area contributed by atoms with Crippen LogP contribution in [0.25, 0.3) is 0 Å². The Kier molecular flexibility index (Phi) is 2.51. The predicted molar refractivity (Wildman–Crippen MR) is 53.9 cm³/mol. The highest BCUT2D eigenvalue weighted by atomic mass is 16.4. The molecule has 0 saturated heterocycles. The number of nitrogens with zero attached hydrogens (tertiary/aromatic N) is 2. The van der Waals surface area contributed by atoms with Gasteiger partial charge in [-0.25, -0.2) is 14.8 Å². The number of carboxylic acids is 1. The van der Waals surface area contributed by atoms with E-state index in [4.69, 9.17) is 5.11 Å². The number of hydrogen-bond donors (Lipinski definition) is 3. The molecule has 0 aromatic carbocycles. The molecule has 1 aliphatic rings. The van der Waals surface area contributed by atoms with Crippen molar-refractivity contribution >= 4 is 11.9 Å². The van der Waals surface area contributed by atoms with E-state index in [0.717, 1.165) is 17.8 Å². The van der Waals surface area contributed by atoms with Crippen LogP contribution < -0.4 is 10.6 Å². The van der Waals surface area contributed by atoms with E-state index in [9.17, 15) is 4.79 Å². The highest BCUT2D eigenvalue weighted by molar-refractivity contribution is 5.87. The highest BCUT2D eigenvalue weighted by Crippen LogP contribution is 2.17. The zero-order chi connectivity index (χ0) is 10.8. The van der Waals surface area contributed by atoms with Crippen LogP contribution in [0.15, 0.2) is 0 Å². The smallest absolute Gasteiger partial charge is 0.354 e. The SMILES string of the molecule is CNc1nc2c(c(C(=O)O)n1)CCNC2. The van der Waals surface area contributed by atoms with E-state index < -0.39 is 5.97 Å². The molecule has 15 heavy (non-hydrogen) atoms. The summed E-state index contributed by atoms with van der Waals surface area (Å²) >= 11 is 0. The standard InChI is InChI=1S/C9H12N4O2/c1-10-9-12-6-4-11-3-2-5(6)7(13-9)8(14)15/h11H,2-4H2,1H3,(H,14,15)(H,10,12,13). The molecule has 0 bridgehead atoms. The van der Waals surface area contributed by atoms with Crippen LogP contribution in [0.5, 0.6) is 0 Å². The van der Waals surface area contributed by atoms with Gasteiger partial charge in [0.15, 0.2) is 5.69 Å². The molecule has 3 N–H and O–H groups in total. The summed E-state index contributed by atoms with van der Waals surface area (Å²) in [5.74, 6) is -0.637. The number of hydrogen-bond acceptors (Lipinski definition) is 5. The number of rotatable bonds is 2. The van der Waals surface area contributed by atoms with Crippen molar-refractivity contribution in [1.29, 1.82) is 0 Å². The molecule has 0 saturated carbocycles. The Balaban J connectivity index is 2.55. The Bertz CT molecular complexity index is 405. The zero-order valence-corrected chi connectivity index (χ0v) is 8.37. The Morgan fingerprint density at radius 3 is 3.00 bits per heavy atom. The first kappa shape index (κ1) is 9.85. The van der Waals surface area contributed by atoms with Crippen LogP contribution in [0.1, 0.15) is 21.7 Å². The molecule has 0 fully saturated rings. The molecule has 6 nitrogen and oxygen atoms in total. The van der Waals surface area contributed by atoms with E-state index >= 15 is 0 Å². The fourth-order valence-corrected chi connectivity index (χ4v) is 1.65. The largest absolute Gasteiger partial charge is 0.476 e. The van der Waals surface area contributed by atoms with Gasteiger partial charge in [0.2, 0.25) is 5.95 Å². The first-order valence-corrected chi connectivity index (χ1v) is 4.74. The molecule has 1 aromatic rings. The molecule has 0 radical (unpaired) electrons. The second-order valence-electron chi connectivity index (χ2n) is 3.30. The van der Waals surface area contributed by atoms with Crippen LogP contribution in [0.3, 0.4) is 0 Å². The maximum absolute atomic E-state index is 11.0. The molecule has 0 spiro atoms. The van der Waals surface area contributed by atoms with Crippen LogP contribution in [-0.2, 0) is 13.0 Å². The average Bonchev–Trinajstić information content (AvgIpc) is 2.27. The van der Waals surface area contributed by atoms with Gasteiger partial charge >= 0.3 is 5.97 Å². The molecule has 1 aromatic heterocycles. The first-order chi connectivity index (χ1) is 7.22. The molecule has 80 valence electrons. The first-order valence-electron chi connectivity index (χ1n) is 4.74. The Labute approximate surface area is 86.7 Å². The van der Waals surface area contributed by atoms with Crippen molar-refractivity contribution in [1.82, 2.24) is 15.3 Å². The van der Waals surface area contributed by atoms with E-state index in [0.29, 0.717) is 18.9 Å². The summed E-state index contributed by atoms with van der Waals surface area (Å²) in [6.45, 7) is 1.38. The summed E-state index contributed by atoms with van der Waals surface area (Å²) in [5.41, 5.74) is 1.64. The Hall–Kier alpha value is -1.69. The normalized spacial score (nSPS) is 14.5. The number of anilines is 1. The second kappa shape index (κ2) is 3.82. The summed E-state index contributed by atoms with van der Waals surface area (Å²) in [6, 6.07) is 0. The van der Waals surface area contributed by atoms with E-state index in [-0.39, 0.29) is 5.69 Å². The molecular formula is C9H12N4O2. The van der Waals surface area contributed by atoms with Crippen molar-refractivity contribution in [2.75, 3.05) is 18.9 Å². The van der Waals surface area contributed by atoms with Crippen LogP contribution >= 0.6 is 0 Å². The summed E-state index contributed by atoms with van der Waals surface area (Å²) in [4.78, 5) is 19.2. The van der Waals surface area contributed by atoms with E-state index in [1.165, 1.54) is 0 Å². The fourth-order valence-electron chi connectivity index (χ4n) is 1.65. The van der Waals surface area contributed by atoms with Gasteiger partial charge in [-0.3, -0.25) is 0 Å². The lowest BCUT2D eigenvalue weighted by Gasteiger charge is -2.18. The number of carbonyl (C=O) groups is 1. The Morgan fingerprint density at radius 1 is 1.53 bits per heavy atom. The van der Waals surface area contributed by atoms with Crippen LogP contribution in [0.2, 0.25) is 0 Å². The summed E-state index contributed by atoms with van der Waals surface area (Å²) in [5, 5.41) is 14.9. The lowest BCUT2D eigenvalue weighted by atomic mass is 10.0. The van der Waals surface area contributed by atoms with Gasteiger partial charge in [0.25, 0.3) is 0 Å². The van der Waals surface area contributed by atoms with Crippen molar-refractivity contribution < 1.29 is 9.90 Å². The van der Waals surface area contributed by atoms with Crippen LogP contribution in [0.4, 0.5) is 5.95 Å². The lowest BCUT2D eigenvalue weighted by molar-refractivity contribution is 0.0688. The maximum atomic E-state index is 11.0. The maximum Gasteiger partial charge on any atom is 0.354 e. The van der Waals surface area contributed by atoms with Crippen molar-refractivity contribution in [3.63, 3.8) is 0 Å². The van der Waals surface area contributed by atoms with Crippen LogP contribution in [0, 0.1) is 0 Å². The van der Waals surface area contributed by atoms with Gasteiger partial charge < -0.3 is 15.7 Å². The number of carboxylic acid groups (broad SMARTS) is 1. The molecule has 1 aliphatic heterocycles. The van der Waals surface area contributed by atoms with Crippen LogP contribution in [-0.4, -0.2) is 34.6 Å². The third-order valence-corrected chi connectivity index (χ3v) is 2.36. The molecule has 0 aliphatic carbocycles. The highest BCUT2D eigenvalue weighted by Gasteiger charge is 2.20. The van der Waals surface area contributed by atoms with Crippen molar-refractivity contribution in [2.45, 2.75) is 13.0 Å². The van der Waals surface area contributed by atoms with Crippen molar-refractivity contribution in [2.24, 2.45) is 0 Å². The number of aromatic nitrogens is 2. The zero-order valence-electron chi connectivity index (χ0n) is 8.37. The second-order valence-corrected chi connectivity index (χ2v) is 3.30. The molecule has 0 amide bonds. The van der Waals surface area contributed by atoms with Crippen molar-refractivity contribution in [3.8, 4) is 0 Å². The van der Waals surface area contributed by atoms with E-state index in [1.54, 1.807) is 7.05 Å². The number of fused-ring (bicyclic) bond motifs is 1. The predicted octanol–water partition coefficient (Wildman–Crippen LogP) is -0.138. The van der Waals surface area contributed by atoms with Gasteiger partial charge in [-0.05, 0) is 13.0 Å². The number of nitrogens with one attached hydrogen (secondary N) is 2. The minimum atomic E-state index is -0.993. The topological polar surface area (TPSA) is 87.1 Å². The van der Waals surface area contributed by atoms with Crippen molar-refractivity contribution in [3.05, 3.63) is 17.0 Å². The third kappa shape index (κ3) is 1.75. The van der Waals surface area contributed by atoms with Gasteiger partial charge in [0.05, 0.1) is 5.69 Å². The quantitative estimate of drug-likeness (QED) is 0.627. The molecule has 0 unspecified atom stereocenters. The molecule has 0 atom stereocenters. The third-order valence-electron chi connectivity index (χ3n) is 2.36. The monoisotopic (exact) mass is 208 g/mol. The minimum absolute atomic E-state index is 0.117. The van der Waals surface area contributed by atoms with E-state index in [1.807, 2.05) is 0 Å².